The van der Waals surface area contributed by atoms with Crippen molar-refractivity contribution < 1.29 is 41.3 Å². The molecule has 0 aliphatic carbocycles. The van der Waals surface area contributed by atoms with Gasteiger partial charge in [-0.15, -0.1) is 0 Å². The van der Waals surface area contributed by atoms with Crippen molar-refractivity contribution in [2.24, 2.45) is 10.2 Å². The Kier molecular flexibility index (Phi) is 8.27. The Balaban J connectivity index is 0.00000387. The number of carbonyl (C=O) groups is 3. The molecule has 1 aliphatic heterocycles. The molecule has 0 fully saturated rings. The topological polar surface area (TPSA) is 158 Å². The molecule has 11 nitrogen and oxygen atoms in total. The van der Waals surface area contributed by atoms with E-state index in [2.05, 4.69) is 15.6 Å². The minimum Gasteiger partial charge on any atom is -0.861 e. The van der Waals surface area contributed by atoms with Gasteiger partial charge < -0.3 is 9.84 Å². The molecule has 0 atom stereocenters. The molecule has 1 N–H and O–H groups in total. The molecule has 1 heterocycles. The molecule has 2 amide bonds. The normalized spacial score (nSPS) is 13.4. The number of nitrogens with zero attached hydrogens (tertiary/aromatic N) is 3. The Bertz CT molecular complexity index is 1890. The molecular weight excluding hydrogens is 580 g/mol. The average molecular weight is 601 g/mol. The van der Waals surface area contributed by atoms with Crippen LogP contribution in [-0.2, 0) is 28.3 Å². The van der Waals surface area contributed by atoms with E-state index < -0.39 is 39.9 Å². The zero-order valence-electron chi connectivity index (χ0n) is 21.7. The summed E-state index contributed by atoms with van der Waals surface area (Å²) in [5.41, 5.74) is 2.64. The summed E-state index contributed by atoms with van der Waals surface area (Å²) in [4.78, 5) is 64.0. The number of nitrogens with one attached hydrogen (secondary N) is 1. The molecule has 0 unspecified atom stereocenters. The van der Waals surface area contributed by atoms with Gasteiger partial charge >= 0.3 is 23.0 Å². The van der Waals surface area contributed by atoms with Crippen LogP contribution in [0.5, 0.6) is 5.75 Å². The van der Waals surface area contributed by atoms with Gasteiger partial charge in [-0.25, -0.2) is 0 Å². The van der Waals surface area contributed by atoms with Gasteiger partial charge in [0.1, 0.15) is 5.75 Å². The van der Waals surface area contributed by atoms with Crippen molar-refractivity contribution in [3.05, 3.63) is 109 Å². The fourth-order valence-electron chi connectivity index (χ4n) is 4.46. The predicted molar refractivity (Wildman–Crippen MR) is 143 cm³/mol. The van der Waals surface area contributed by atoms with Gasteiger partial charge in [-0.3, -0.25) is 29.4 Å². The standard InChI is InChI=1S/C29H22N4O7.Cu/c1-3-22(35)40-18-10-11-19-20(14-18)27(37)25(26(19)36)31-30-21-12-9-17(13-16-7-5-4-6-8-16)23-24(21)29(39)33(28(23)38)32-15(2)34;/h4-12,14,30H,3,13H2,1-2H3,(H,32,34);/q;+2/p-1. The maximum atomic E-state index is 13.2. The maximum Gasteiger partial charge on any atom is 2.00 e. The molecule has 0 aromatic heterocycles. The summed E-state index contributed by atoms with van der Waals surface area (Å²) in [7, 11) is 0. The van der Waals surface area contributed by atoms with Gasteiger partial charge in [-0.2, -0.15) is 15.2 Å². The van der Waals surface area contributed by atoms with E-state index in [0.29, 0.717) is 17.0 Å². The van der Waals surface area contributed by atoms with E-state index in [1.807, 2.05) is 30.3 Å². The van der Waals surface area contributed by atoms with Crippen molar-refractivity contribution in [3.63, 3.8) is 0 Å². The summed E-state index contributed by atoms with van der Waals surface area (Å²) < 4.78 is 5.14. The zero-order valence-corrected chi connectivity index (χ0v) is 22.6. The van der Waals surface area contributed by atoms with Crippen molar-refractivity contribution in [3.8, 4) is 5.75 Å². The van der Waals surface area contributed by atoms with Crippen molar-refractivity contribution in [2.45, 2.75) is 26.7 Å². The summed E-state index contributed by atoms with van der Waals surface area (Å²) in [5, 5.41) is 19.3. The summed E-state index contributed by atoms with van der Waals surface area (Å²) in [6, 6.07) is 16.5. The molecule has 0 spiro atoms. The summed E-state index contributed by atoms with van der Waals surface area (Å²) in [6.07, 6.45) is 0.454. The van der Waals surface area contributed by atoms with Crippen LogP contribution >= 0.6 is 0 Å². The van der Waals surface area contributed by atoms with E-state index in [1.54, 1.807) is 13.0 Å². The summed E-state index contributed by atoms with van der Waals surface area (Å²) >= 11 is 0. The van der Waals surface area contributed by atoms with Gasteiger partial charge in [-0.1, -0.05) is 43.3 Å². The number of hydrogen-bond acceptors (Lipinski definition) is 10. The number of ether oxygens (including phenoxy) is 1. The fourth-order valence-corrected chi connectivity index (χ4v) is 4.46. The predicted octanol–water partition coefficient (Wildman–Crippen LogP) is 1.56. The molecule has 0 saturated heterocycles. The Morgan fingerprint density at radius 3 is 2.29 bits per heavy atom. The first-order valence-electron chi connectivity index (χ1n) is 12.3. The summed E-state index contributed by atoms with van der Waals surface area (Å²) in [6.45, 7) is 2.74. The van der Waals surface area contributed by atoms with Gasteiger partial charge in [0.2, 0.25) is 10.9 Å². The van der Waals surface area contributed by atoms with Gasteiger partial charge in [0, 0.05) is 17.2 Å². The first-order chi connectivity index (χ1) is 19.2. The van der Waals surface area contributed by atoms with Crippen LogP contribution in [0.2, 0.25) is 0 Å². The smallest absolute Gasteiger partial charge is 0.861 e. The van der Waals surface area contributed by atoms with Crippen LogP contribution in [-0.4, -0.2) is 28.7 Å². The number of imide groups is 1. The van der Waals surface area contributed by atoms with Crippen molar-refractivity contribution in [1.29, 1.82) is 0 Å². The third kappa shape index (κ3) is 5.43. The van der Waals surface area contributed by atoms with Gasteiger partial charge in [0.25, 0.3) is 11.8 Å². The number of carbonyl (C=O) groups excluding carboxylic acids is 3. The fraction of sp³-hybridized carbons (Fsp3) is 0.138. The Hall–Kier alpha value is -4.93. The molecule has 41 heavy (non-hydrogen) atoms. The van der Waals surface area contributed by atoms with Crippen LogP contribution in [0.15, 0.2) is 80.5 Å². The number of amides is 2. The molecule has 209 valence electrons. The Labute approximate surface area is 242 Å². The van der Waals surface area contributed by atoms with Gasteiger partial charge in [-0.05, 0) is 54.6 Å². The SMILES string of the molecule is CCC(=O)Oc1ccc2c(=O)c(=NNc3ccc(Cc4ccccc4)c4c3C(=O)N(N=C(C)[O-])C4=O)c(=O)c2c1.[Cu+2]. The third-order valence-electron chi connectivity index (χ3n) is 6.30. The Morgan fingerprint density at radius 1 is 0.927 bits per heavy atom. The van der Waals surface area contributed by atoms with Crippen molar-refractivity contribution in [2.75, 3.05) is 5.43 Å². The largest absolute Gasteiger partial charge is 2.00 e. The number of anilines is 1. The second kappa shape index (κ2) is 11.7. The third-order valence-corrected chi connectivity index (χ3v) is 6.30. The minimum atomic E-state index is -0.845. The number of hydrazone groups is 1. The molecule has 0 saturated carbocycles. The van der Waals surface area contributed by atoms with Gasteiger partial charge in [0.15, 0.2) is 5.36 Å². The molecule has 1 aliphatic rings. The molecule has 1 radical (unpaired) electrons. The van der Waals surface area contributed by atoms with E-state index >= 15 is 0 Å². The minimum absolute atomic E-state index is 0. The maximum absolute atomic E-state index is 13.2. The Morgan fingerprint density at radius 2 is 1.61 bits per heavy atom. The molecule has 12 heteroatoms. The second-order valence-electron chi connectivity index (χ2n) is 8.99. The monoisotopic (exact) mass is 600 g/mol. The second-order valence-corrected chi connectivity index (χ2v) is 8.99. The van der Waals surface area contributed by atoms with Gasteiger partial charge in [0.05, 0.1) is 16.8 Å². The van der Waals surface area contributed by atoms with E-state index in [9.17, 15) is 29.1 Å². The van der Waals surface area contributed by atoms with Crippen molar-refractivity contribution in [1.82, 2.24) is 5.01 Å². The van der Waals surface area contributed by atoms with E-state index in [4.69, 9.17) is 4.74 Å². The number of rotatable bonds is 7. The molecule has 4 aromatic carbocycles. The number of fused-ring (bicyclic) bond motifs is 2. The molecule has 0 bridgehead atoms. The first kappa shape index (κ1) is 29.1. The zero-order chi connectivity index (χ0) is 28.6. The number of hydrogen-bond donors (Lipinski definition) is 1. The van der Waals surface area contributed by atoms with Crippen LogP contribution in [0.3, 0.4) is 0 Å². The van der Waals surface area contributed by atoms with Crippen LogP contribution in [0.4, 0.5) is 5.69 Å². The summed E-state index contributed by atoms with van der Waals surface area (Å²) in [5.74, 6) is -2.74. The molecule has 5 rings (SSSR count). The quantitative estimate of drug-likeness (QED) is 0.0637. The number of esters is 1. The van der Waals surface area contributed by atoms with E-state index in [1.165, 1.54) is 24.3 Å². The number of benzene rings is 3. The van der Waals surface area contributed by atoms with E-state index in [0.717, 1.165) is 12.5 Å². The molecule has 4 aromatic rings. The van der Waals surface area contributed by atoms with E-state index in [-0.39, 0.29) is 56.8 Å². The molecular formula is C29H21CuN4O7+. The first-order valence-corrected chi connectivity index (χ1v) is 12.3. The van der Waals surface area contributed by atoms with Crippen LogP contribution in [0.25, 0.3) is 10.8 Å². The average Bonchev–Trinajstić information content (AvgIpc) is 3.33. The van der Waals surface area contributed by atoms with Crippen LogP contribution in [0, 0.1) is 0 Å². The van der Waals surface area contributed by atoms with Crippen LogP contribution in [0.1, 0.15) is 52.1 Å². The van der Waals surface area contributed by atoms with Crippen LogP contribution < -0.4 is 31.5 Å². The van der Waals surface area contributed by atoms with Crippen molar-refractivity contribution >= 4 is 40.1 Å².